The summed E-state index contributed by atoms with van der Waals surface area (Å²) in [5.74, 6) is 1.64. The topological polar surface area (TPSA) is 6.48 Å². The summed E-state index contributed by atoms with van der Waals surface area (Å²) in [5.41, 5.74) is 4.45. The Morgan fingerprint density at radius 2 is 1.58 bits per heavy atom. The van der Waals surface area contributed by atoms with Gasteiger partial charge in [-0.3, -0.25) is 4.90 Å². The summed E-state index contributed by atoms with van der Waals surface area (Å²) in [5, 5.41) is 0. The summed E-state index contributed by atoms with van der Waals surface area (Å²) in [7, 11) is 2.26. The number of benzene rings is 2. The fourth-order valence-electron chi connectivity index (χ4n) is 4.65. The predicted octanol–water partition coefficient (Wildman–Crippen LogP) is 4.91. The first-order chi connectivity index (χ1) is 12.8. The summed E-state index contributed by atoms with van der Waals surface area (Å²) in [6.45, 7) is 5.98. The normalized spacial score (nSPS) is 23.3. The second kappa shape index (κ2) is 8.37. The molecule has 0 N–H and O–H groups in total. The van der Waals surface area contributed by atoms with E-state index in [2.05, 4.69) is 71.4 Å². The molecule has 1 saturated carbocycles. The lowest BCUT2D eigenvalue weighted by Crippen LogP contribution is -2.33. The average Bonchev–Trinajstić information content (AvgIpc) is 3.13. The van der Waals surface area contributed by atoms with E-state index < -0.39 is 0 Å². The second-order valence-electron chi connectivity index (χ2n) is 8.44. The van der Waals surface area contributed by atoms with Gasteiger partial charge in [-0.05, 0) is 74.3 Å². The first-order valence-electron chi connectivity index (χ1n) is 10.3. The van der Waals surface area contributed by atoms with E-state index in [1.165, 1.54) is 56.4 Å². The maximum atomic E-state index is 2.58. The van der Waals surface area contributed by atoms with Gasteiger partial charge in [-0.15, -0.1) is 0 Å². The number of hydrogen-bond donors (Lipinski definition) is 0. The zero-order valence-corrected chi connectivity index (χ0v) is 16.1. The Hall–Kier alpha value is -1.64. The van der Waals surface area contributed by atoms with Crippen molar-refractivity contribution in [1.82, 2.24) is 9.80 Å². The van der Waals surface area contributed by atoms with Crippen LogP contribution < -0.4 is 0 Å². The van der Waals surface area contributed by atoms with Crippen molar-refractivity contribution in [3.63, 3.8) is 0 Å². The van der Waals surface area contributed by atoms with Gasteiger partial charge in [-0.25, -0.2) is 0 Å². The molecule has 0 aromatic heterocycles. The van der Waals surface area contributed by atoms with Crippen LogP contribution in [0.1, 0.15) is 48.3 Å². The Bertz CT molecular complexity index is 667. The van der Waals surface area contributed by atoms with Gasteiger partial charge in [0.05, 0.1) is 0 Å². The van der Waals surface area contributed by atoms with Crippen LogP contribution in [0.2, 0.25) is 0 Å². The molecule has 2 nitrogen and oxygen atoms in total. The predicted molar refractivity (Wildman–Crippen MR) is 109 cm³/mol. The number of hydrogen-bond acceptors (Lipinski definition) is 2. The third-order valence-corrected chi connectivity index (χ3v) is 6.16. The molecular formula is C24H32N2. The smallest absolute Gasteiger partial charge is 0.0233 e. The Morgan fingerprint density at radius 1 is 0.885 bits per heavy atom. The fourth-order valence-corrected chi connectivity index (χ4v) is 4.65. The summed E-state index contributed by atoms with van der Waals surface area (Å²) < 4.78 is 0. The zero-order chi connectivity index (χ0) is 17.8. The van der Waals surface area contributed by atoms with Crippen LogP contribution in [-0.4, -0.2) is 36.5 Å². The van der Waals surface area contributed by atoms with Crippen LogP contribution >= 0.6 is 0 Å². The zero-order valence-electron chi connectivity index (χ0n) is 16.1. The fraction of sp³-hybridized carbons (Fsp3) is 0.500. The average molecular weight is 349 g/mol. The van der Waals surface area contributed by atoms with Crippen molar-refractivity contribution in [2.45, 2.75) is 44.7 Å². The maximum Gasteiger partial charge on any atom is 0.0233 e. The van der Waals surface area contributed by atoms with Crippen LogP contribution in [0.5, 0.6) is 0 Å². The molecule has 4 rings (SSSR count). The van der Waals surface area contributed by atoms with Crippen molar-refractivity contribution < 1.29 is 0 Å². The maximum absolute atomic E-state index is 2.58. The van der Waals surface area contributed by atoms with Crippen molar-refractivity contribution in [2.75, 3.05) is 26.7 Å². The quantitative estimate of drug-likeness (QED) is 0.701. The van der Waals surface area contributed by atoms with E-state index in [0.29, 0.717) is 0 Å². The van der Waals surface area contributed by atoms with Gasteiger partial charge in [0.1, 0.15) is 0 Å². The van der Waals surface area contributed by atoms with Gasteiger partial charge in [0.2, 0.25) is 0 Å². The minimum Gasteiger partial charge on any atom is -0.302 e. The molecule has 1 aliphatic carbocycles. The lowest BCUT2D eigenvalue weighted by molar-refractivity contribution is 0.176. The molecule has 0 amide bonds. The highest BCUT2D eigenvalue weighted by Gasteiger charge is 2.30. The van der Waals surface area contributed by atoms with Crippen LogP contribution in [0.25, 0.3) is 0 Å². The Morgan fingerprint density at radius 3 is 2.27 bits per heavy atom. The molecule has 0 radical (unpaired) electrons. The molecule has 2 aromatic rings. The molecule has 2 aliphatic rings. The van der Waals surface area contributed by atoms with Crippen molar-refractivity contribution in [3.05, 3.63) is 71.3 Å². The van der Waals surface area contributed by atoms with Gasteiger partial charge in [0.25, 0.3) is 0 Å². The lowest BCUT2D eigenvalue weighted by atomic mass is 9.71. The van der Waals surface area contributed by atoms with E-state index in [1.54, 1.807) is 5.56 Å². The van der Waals surface area contributed by atoms with E-state index in [9.17, 15) is 0 Å². The number of nitrogens with zero attached hydrogens (tertiary/aromatic N) is 2. The molecule has 1 aliphatic heterocycles. The lowest BCUT2D eigenvalue weighted by Gasteiger charge is -2.38. The third-order valence-electron chi connectivity index (χ3n) is 6.16. The van der Waals surface area contributed by atoms with Gasteiger partial charge in [0.15, 0.2) is 0 Å². The molecule has 26 heavy (non-hydrogen) atoms. The molecule has 2 fully saturated rings. The summed E-state index contributed by atoms with van der Waals surface area (Å²) in [6, 6.07) is 20.3. The Kier molecular flexibility index (Phi) is 5.72. The van der Waals surface area contributed by atoms with Crippen molar-refractivity contribution in [3.8, 4) is 0 Å². The first kappa shape index (κ1) is 17.8. The van der Waals surface area contributed by atoms with E-state index in [0.717, 1.165) is 24.9 Å². The van der Waals surface area contributed by atoms with Crippen molar-refractivity contribution in [1.29, 1.82) is 0 Å². The van der Waals surface area contributed by atoms with Gasteiger partial charge in [-0.1, -0.05) is 54.6 Å². The van der Waals surface area contributed by atoms with Crippen LogP contribution in [0.15, 0.2) is 54.6 Å². The molecule has 0 unspecified atom stereocenters. The second-order valence-corrected chi connectivity index (χ2v) is 8.44. The minimum atomic E-state index is 0.783. The van der Waals surface area contributed by atoms with E-state index >= 15 is 0 Å². The van der Waals surface area contributed by atoms with Gasteiger partial charge in [-0.2, -0.15) is 0 Å². The van der Waals surface area contributed by atoms with Gasteiger partial charge in [0, 0.05) is 19.6 Å². The van der Waals surface area contributed by atoms with Crippen LogP contribution in [0.4, 0.5) is 0 Å². The Balaban J connectivity index is 1.21. The van der Waals surface area contributed by atoms with Gasteiger partial charge < -0.3 is 4.90 Å². The molecule has 1 saturated heterocycles. The minimum absolute atomic E-state index is 0.783. The monoisotopic (exact) mass is 348 g/mol. The number of rotatable bonds is 7. The molecular weight excluding hydrogens is 316 g/mol. The molecule has 0 bridgehead atoms. The van der Waals surface area contributed by atoms with E-state index in [4.69, 9.17) is 0 Å². The third kappa shape index (κ3) is 4.55. The highest BCUT2D eigenvalue weighted by Crippen LogP contribution is 2.42. The summed E-state index contributed by atoms with van der Waals surface area (Å²) >= 11 is 0. The molecule has 138 valence electrons. The van der Waals surface area contributed by atoms with E-state index in [1.807, 2.05) is 0 Å². The van der Waals surface area contributed by atoms with Gasteiger partial charge >= 0.3 is 0 Å². The SMILES string of the molecule is CN(Cc1ccccc1)C[C@H]1C[C@H](c2ccc(CN3CCCC3)cc2)C1. The molecule has 2 aromatic carbocycles. The largest absolute Gasteiger partial charge is 0.302 e. The Labute approximate surface area is 158 Å². The highest BCUT2D eigenvalue weighted by molar-refractivity contribution is 5.27. The van der Waals surface area contributed by atoms with Crippen molar-refractivity contribution >= 4 is 0 Å². The molecule has 0 spiro atoms. The highest BCUT2D eigenvalue weighted by atomic mass is 15.1. The summed E-state index contributed by atoms with van der Waals surface area (Å²) in [4.78, 5) is 5.06. The molecule has 1 heterocycles. The van der Waals surface area contributed by atoms with Crippen LogP contribution in [0, 0.1) is 5.92 Å². The van der Waals surface area contributed by atoms with E-state index in [-0.39, 0.29) is 0 Å². The standard InChI is InChI=1S/C24H32N2/c1-25(17-20-7-3-2-4-8-20)18-22-15-24(16-22)23-11-9-21(10-12-23)19-26-13-5-6-14-26/h2-4,7-12,22,24H,5-6,13-19H2,1H3/t22-,24-. The van der Waals surface area contributed by atoms with Crippen LogP contribution in [0.3, 0.4) is 0 Å². The number of likely N-dealkylation sites (tertiary alicyclic amines) is 1. The first-order valence-corrected chi connectivity index (χ1v) is 10.3. The molecule has 2 heteroatoms. The molecule has 0 atom stereocenters. The van der Waals surface area contributed by atoms with Crippen molar-refractivity contribution in [2.24, 2.45) is 5.92 Å². The van der Waals surface area contributed by atoms with Crippen LogP contribution in [-0.2, 0) is 13.1 Å². The summed E-state index contributed by atoms with van der Waals surface area (Å²) in [6.07, 6.45) is 5.45.